The maximum absolute atomic E-state index is 13.8. The molecule has 0 radical (unpaired) electrons. The molecule has 3 aromatic carbocycles. The van der Waals surface area contributed by atoms with Gasteiger partial charge in [-0.1, -0.05) is 60.7 Å². The van der Waals surface area contributed by atoms with Gasteiger partial charge in [0.15, 0.2) is 23.3 Å². The fourth-order valence-corrected chi connectivity index (χ4v) is 2.89. The number of nitrogens with one attached hydrogen (secondary N) is 1. The highest BCUT2D eigenvalue weighted by Gasteiger charge is 2.27. The van der Waals surface area contributed by atoms with Crippen molar-refractivity contribution in [3.8, 4) is 0 Å². The molecule has 0 aliphatic carbocycles. The predicted molar refractivity (Wildman–Crippen MR) is 94.2 cm³/mol. The number of anilines is 1. The minimum atomic E-state index is -2.28. The van der Waals surface area contributed by atoms with Gasteiger partial charge in [-0.3, -0.25) is 4.79 Å². The van der Waals surface area contributed by atoms with Crippen molar-refractivity contribution in [3.05, 3.63) is 101 Å². The number of hydrogen-bond donors (Lipinski definition) is 1. The molecule has 3 rings (SSSR count). The Morgan fingerprint density at radius 3 is 1.50 bits per heavy atom. The van der Waals surface area contributed by atoms with Crippen molar-refractivity contribution in [2.45, 2.75) is 12.3 Å². The zero-order valence-corrected chi connectivity index (χ0v) is 14.4. The van der Waals surface area contributed by atoms with E-state index in [0.717, 1.165) is 11.1 Å². The van der Waals surface area contributed by atoms with Crippen LogP contribution in [0.15, 0.2) is 60.7 Å². The molecular weight excluding hydrogens is 377 g/mol. The second-order valence-electron chi connectivity index (χ2n) is 6.07. The first-order valence-electron chi connectivity index (χ1n) is 8.31. The Labute approximate surface area is 157 Å². The first kappa shape index (κ1) is 19.5. The largest absolute Gasteiger partial charge is 0.321 e. The lowest BCUT2D eigenvalue weighted by atomic mass is 9.88. The van der Waals surface area contributed by atoms with Crippen LogP contribution in [0.3, 0.4) is 0 Å². The highest BCUT2D eigenvalue weighted by atomic mass is 19.2. The van der Waals surface area contributed by atoms with E-state index in [1.807, 2.05) is 5.32 Å². The Balaban J connectivity index is 1.90. The van der Waals surface area contributed by atoms with E-state index in [-0.39, 0.29) is 6.42 Å². The molecule has 0 fully saturated rings. The first-order chi connectivity index (χ1) is 13.4. The summed E-state index contributed by atoms with van der Waals surface area (Å²) in [6.45, 7) is 0. The molecule has 28 heavy (non-hydrogen) atoms. The zero-order chi connectivity index (χ0) is 20.3. The van der Waals surface area contributed by atoms with Crippen molar-refractivity contribution >= 4 is 11.6 Å². The van der Waals surface area contributed by atoms with E-state index in [1.165, 1.54) is 0 Å². The summed E-state index contributed by atoms with van der Waals surface area (Å²) >= 11 is 0. The van der Waals surface area contributed by atoms with E-state index in [0.29, 0.717) is 0 Å². The predicted octanol–water partition coefficient (Wildman–Crippen LogP) is 5.54. The Morgan fingerprint density at radius 2 is 1.07 bits per heavy atom. The molecule has 0 heterocycles. The van der Waals surface area contributed by atoms with Crippen molar-refractivity contribution in [2.75, 3.05) is 5.32 Å². The number of rotatable bonds is 5. The fraction of sp³-hybridized carbons (Fsp3) is 0.0952. The average Bonchev–Trinajstić information content (AvgIpc) is 2.73. The lowest BCUT2D eigenvalue weighted by Gasteiger charge is -2.18. The Hall–Kier alpha value is -3.22. The molecule has 2 nitrogen and oxygen atoms in total. The normalized spacial score (nSPS) is 10.9. The number of amides is 1. The van der Waals surface area contributed by atoms with Gasteiger partial charge in [-0.25, -0.2) is 22.0 Å². The van der Waals surface area contributed by atoms with Crippen molar-refractivity contribution < 1.29 is 26.7 Å². The van der Waals surface area contributed by atoms with Gasteiger partial charge in [0, 0.05) is 12.3 Å². The smallest absolute Gasteiger partial charge is 0.225 e. The van der Waals surface area contributed by atoms with E-state index in [4.69, 9.17) is 0 Å². The second kappa shape index (κ2) is 8.21. The summed E-state index contributed by atoms with van der Waals surface area (Å²) < 4.78 is 67.4. The summed E-state index contributed by atoms with van der Waals surface area (Å²) in [5.74, 6) is -12.0. The lowest BCUT2D eigenvalue weighted by Crippen LogP contribution is -2.19. The molecule has 1 N–H and O–H groups in total. The topological polar surface area (TPSA) is 29.1 Å². The Kier molecular flexibility index (Phi) is 5.73. The number of carbonyl (C=O) groups is 1. The quantitative estimate of drug-likeness (QED) is 0.345. The van der Waals surface area contributed by atoms with Gasteiger partial charge in [0.2, 0.25) is 11.7 Å². The van der Waals surface area contributed by atoms with Crippen LogP contribution in [0.4, 0.5) is 27.6 Å². The molecule has 0 unspecified atom stereocenters. The number of hydrogen-bond acceptors (Lipinski definition) is 1. The van der Waals surface area contributed by atoms with Crippen LogP contribution < -0.4 is 5.32 Å². The van der Waals surface area contributed by atoms with Gasteiger partial charge >= 0.3 is 0 Å². The van der Waals surface area contributed by atoms with E-state index in [9.17, 15) is 26.7 Å². The molecule has 0 aromatic heterocycles. The maximum Gasteiger partial charge on any atom is 0.225 e. The molecule has 0 atom stereocenters. The first-order valence-corrected chi connectivity index (χ1v) is 8.31. The van der Waals surface area contributed by atoms with Gasteiger partial charge in [-0.15, -0.1) is 0 Å². The van der Waals surface area contributed by atoms with Crippen molar-refractivity contribution in [3.63, 3.8) is 0 Å². The van der Waals surface area contributed by atoms with Crippen LogP contribution in [-0.2, 0) is 4.79 Å². The molecule has 0 saturated heterocycles. The second-order valence-corrected chi connectivity index (χ2v) is 6.07. The van der Waals surface area contributed by atoms with E-state index >= 15 is 0 Å². The fourth-order valence-electron chi connectivity index (χ4n) is 2.89. The third kappa shape index (κ3) is 3.88. The summed E-state index contributed by atoms with van der Waals surface area (Å²) in [5.41, 5.74) is 0.170. The summed E-state index contributed by atoms with van der Waals surface area (Å²) in [5, 5.41) is 1.82. The molecule has 1 amide bonds. The molecule has 0 spiro atoms. The van der Waals surface area contributed by atoms with E-state index in [1.54, 1.807) is 60.7 Å². The molecule has 7 heteroatoms. The van der Waals surface area contributed by atoms with Crippen LogP contribution >= 0.6 is 0 Å². The van der Waals surface area contributed by atoms with Gasteiger partial charge in [0.05, 0.1) is 0 Å². The SMILES string of the molecule is O=C(CC(c1ccccc1)c1ccccc1)Nc1c(F)c(F)c(F)c(F)c1F. The Morgan fingerprint density at radius 1 is 0.679 bits per heavy atom. The van der Waals surface area contributed by atoms with Crippen molar-refractivity contribution in [1.82, 2.24) is 0 Å². The maximum atomic E-state index is 13.8. The van der Waals surface area contributed by atoms with Gasteiger partial charge in [0.25, 0.3) is 0 Å². The summed E-state index contributed by atoms with van der Waals surface area (Å²) in [7, 11) is 0. The van der Waals surface area contributed by atoms with Crippen LogP contribution in [0.2, 0.25) is 0 Å². The third-order valence-electron chi connectivity index (χ3n) is 4.27. The highest BCUT2D eigenvalue weighted by molar-refractivity contribution is 5.91. The summed E-state index contributed by atoms with van der Waals surface area (Å²) in [6, 6.07) is 17.8. The summed E-state index contributed by atoms with van der Waals surface area (Å²) in [4.78, 5) is 12.4. The molecule has 0 saturated carbocycles. The van der Waals surface area contributed by atoms with Gasteiger partial charge in [-0.2, -0.15) is 0 Å². The number of carbonyl (C=O) groups excluding carboxylic acids is 1. The van der Waals surface area contributed by atoms with Crippen LogP contribution in [0, 0.1) is 29.1 Å². The van der Waals surface area contributed by atoms with Crippen LogP contribution in [0.1, 0.15) is 23.5 Å². The monoisotopic (exact) mass is 391 g/mol. The highest BCUT2D eigenvalue weighted by Crippen LogP contribution is 2.30. The van der Waals surface area contributed by atoms with Crippen LogP contribution in [0.5, 0.6) is 0 Å². The molecule has 144 valence electrons. The van der Waals surface area contributed by atoms with Crippen molar-refractivity contribution in [2.24, 2.45) is 0 Å². The van der Waals surface area contributed by atoms with Gasteiger partial charge in [-0.05, 0) is 11.1 Å². The third-order valence-corrected chi connectivity index (χ3v) is 4.27. The molecule has 0 aliphatic rings. The van der Waals surface area contributed by atoms with Gasteiger partial charge < -0.3 is 5.32 Å². The number of benzene rings is 3. The van der Waals surface area contributed by atoms with Crippen LogP contribution in [0.25, 0.3) is 0 Å². The van der Waals surface area contributed by atoms with Gasteiger partial charge in [0.1, 0.15) is 5.69 Å². The molecule has 0 aliphatic heterocycles. The van der Waals surface area contributed by atoms with E-state index in [2.05, 4.69) is 0 Å². The average molecular weight is 391 g/mol. The van der Waals surface area contributed by atoms with E-state index < -0.39 is 46.6 Å². The van der Waals surface area contributed by atoms with Crippen LogP contribution in [-0.4, -0.2) is 5.91 Å². The molecule has 3 aromatic rings. The molecular formula is C21H14F5NO. The lowest BCUT2D eigenvalue weighted by molar-refractivity contribution is -0.116. The Bertz CT molecular complexity index is 924. The zero-order valence-electron chi connectivity index (χ0n) is 14.4. The minimum absolute atomic E-state index is 0.256. The molecule has 0 bridgehead atoms. The number of halogens is 5. The minimum Gasteiger partial charge on any atom is -0.321 e. The van der Waals surface area contributed by atoms with Crippen molar-refractivity contribution in [1.29, 1.82) is 0 Å². The summed E-state index contributed by atoms with van der Waals surface area (Å²) in [6.07, 6.45) is -0.256. The standard InChI is InChI=1S/C21H14F5NO/c22-16-17(23)19(25)21(20(26)18(16)24)27-15(28)11-14(12-7-3-1-4-8-12)13-9-5-2-6-10-13/h1-10,14H,11H2,(H,27,28).